The van der Waals surface area contributed by atoms with E-state index in [1.807, 2.05) is 80.7 Å². The molecule has 164 valence electrons. The summed E-state index contributed by atoms with van der Waals surface area (Å²) >= 11 is 0. The number of carbonyl (C=O) groups excluding carboxylic acids is 2. The Labute approximate surface area is 186 Å². The molecule has 2 atom stereocenters. The van der Waals surface area contributed by atoms with Gasteiger partial charge in [0.05, 0.1) is 6.10 Å². The summed E-state index contributed by atoms with van der Waals surface area (Å²) in [6, 6.07) is 0. The van der Waals surface area contributed by atoms with Crippen LogP contribution in [0.25, 0.3) is 0 Å². The zero-order valence-electron chi connectivity index (χ0n) is 18.4. The maximum atomic E-state index is 11.9. The van der Waals surface area contributed by atoms with Gasteiger partial charge in [0, 0.05) is 19.0 Å². The van der Waals surface area contributed by atoms with E-state index < -0.39 is 6.10 Å². The average molecular weight is 420 g/mol. The van der Waals surface area contributed by atoms with Crippen LogP contribution in [0.1, 0.15) is 26.7 Å². The minimum absolute atomic E-state index is 0.0912. The molecule has 0 bridgehead atoms. The van der Waals surface area contributed by atoms with Crippen molar-refractivity contribution < 1.29 is 14.7 Å². The maximum absolute atomic E-state index is 11.9. The second-order valence-electron chi connectivity index (χ2n) is 7.23. The van der Waals surface area contributed by atoms with Crippen molar-refractivity contribution in [1.82, 2.24) is 5.32 Å². The molecule has 1 aliphatic rings. The molecule has 31 heavy (non-hydrogen) atoms. The Morgan fingerprint density at radius 2 is 1.35 bits per heavy atom. The lowest BCUT2D eigenvalue weighted by Crippen LogP contribution is -2.25. The molecular formula is C27H33NO3. The molecule has 0 spiro atoms. The smallest absolute Gasteiger partial charge is 0.243 e. The monoisotopic (exact) mass is 419 g/mol. The number of ketones is 1. The van der Waals surface area contributed by atoms with Gasteiger partial charge in [0.1, 0.15) is 0 Å². The van der Waals surface area contributed by atoms with Gasteiger partial charge in [0.2, 0.25) is 5.91 Å². The lowest BCUT2D eigenvalue weighted by molar-refractivity contribution is -0.117. The summed E-state index contributed by atoms with van der Waals surface area (Å²) in [6.07, 6.45) is 30.6. The number of carbonyl (C=O) groups is 2. The topological polar surface area (TPSA) is 66.4 Å². The third kappa shape index (κ3) is 15.3. The molecule has 1 amide bonds. The standard InChI is InChI=1S/C27H33NO3/c1-23-15-11-9-10-14-18-27(31)28-22-24(2)16-12-7-5-3-4-6-8-13-17-25(29)21-26(30)20-19-23/h3-19,24,26,30H,20-22H2,1-2H3,(H,28,31). The molecule has 0 aromatic carbocycles. The Hall–Kier alpha value is -3.24. The maximum Gasteiger partial charge on any atom is 0.243 e. The van der Waals surface area contributed by atoms with Gasteiger partial charge in [-0.1, -0.05) is 104 Å². The van der Waals surface area contributed by atoms with Crippen molar-refractivity contribution in [3.63, 3.8) is 0 Å². The Kier molecular flexibility index (Phi) is 13.8. The van der Waals surface area contributed by atoms with Crippen molar-refractivity contribution in [1.29, 1.82) is 0 Å². The number of rotatable bonds is 0. The molecule has 0 fully saturated rings. The highest BCUT2D eigenvalue weighted by Crippen LogP contribution is 2.05. The highest BCUT2D eigenvalue weighted by Gasteiger charge is 2.06. The van der Waals surface area contributed by atoms with Crippen LogP contribution in [0.5, 0.6) is 0 Å². The fraction of sp³-hybridized carbons (Fsp3) is 0.259. The Morgan fingerprint density at radius 1 is 0.806 bits per heavy atom. The summed E-state index contributed by atoms with van der Waals surface area (Å²) in [5.74, 6) is -0.0183. The molecule has 0 aromatic rings. The predicted molar refractivity (Wildman–Crippen MR) is 129 cm³/mol. The summed E-state index contributed by atoms with van der Waals surface area (Å²) in [5.41, 5.74) is 0.987. The minimum Gasteiger partial charge on any atom is -0.392 e. The van der Waals surface area contributed by atoms with Gasteiger partial charge in [-0.2, -0.15) is 0 Å². The number of aliphatic hydroxyl groups excluding tert-OH is 1. The van der Waals surface area contributed by atoms with E-state index in [4.69, 9.17) is 0 Å². The third-order valence-electron chi connectivity index (χ3n) is 4.19. The Bertz CT molecular complexity index is 833. The summed E-state index contributed by atoms with van der Waals surface area (Å²) in [4.78, 5) is 23.7. The van der Waals surface area contributed by atoms with E-state index in [0.29, 0.717) is 13.0 Å². The van der Waals surface area contributed by atoms with Crippen molar-refractivity contribution in [2.75, 3.05) is 6.54 Å². The highest BCUT2D eigenvalue weighted by molar-refractivity contribution is 5.90. The fourth-order valence-corrected chi connectivity index (χ4v) is 2.44. The molecular weight excluding hydrogens is 386 g/mol. The van der Waals surface area contributed by atoms with E-state index in [-0.39, 0.29) is 24.0 Å². The predicted octanol–water partition coefficient (Wildman–Crippen LogP) is 4.86. The fourth-order valence-electron chi connectivity index (χ4n) is 2.44. The molecule has 4 nitrogen and oxygen atoms in total. The molecule has 0 aliphatic carbocycles. The van der Waals surface area contributed by atoms with Crippen LogP contribution in [-0.4, -0.2) is 29.4 Å². The number of allylic oxidation sites excluding steroid dienone is 15. The molecule has 2 unspecified atom stereocenters. The molecule has 1 rings (SSSR count). The van der Waals surface area contributed by atoms with Crippen molar-refractivity contribution >= 4 is 11.7 Å². The summed E-state index contributed by atoms with van der Waals surface area (Å²) in [7, 11) is 0. The number of hydrogen-bond donors (Lipinski definition) is 2. The van der Waals surface area contributed by atoms with Crippen LogP contribution >= 0.6 is 0 Å². The number of amides is 1. The van der Waals surface area contributed by atoms with Crippen LogP contribution in [0.2, 0.25) is 0 Å². The van der Waals surface area contributed by atoms with Crippen molar-refractivity contribution in [2.45, 2.75) is 32.8 Å². The van der Waals surface area contributed by atoms with E-state index in [9.17, 15) is 14.7 Å². The van der Waals surface area contributed by atoms with Gasteiger partial charge in [-0.25, -0.2) is 0 Å². The number of hydrogen-bond acceptors (Lipinski definition) is 3. The first-order chi connectivity index (χ1) is 15.0. The van der Waals surface area contributed by atoms with E-state index in [1.165, 1.54) is 12.2 Å². The SMILES string of the molecule is CC1=CCC(O)CC(=O)C=CC=CC=CC=CC=CC(C)CNC(=O)C=CC=CC=C1. The second kappa shape index (κ2) is 16.5. The van der Waals surface area contributed by atoms with Gasteiger partial charge in [0.15, 0.2) is 5.78 Å². The lowest BCUT2D eigenvalue weighted by atomic mass is 10.1. The lowest BCUT2D eigenvalue weighted by Gasteiger charge is -2.05. The summed E-state index contributed by atoms with van der Waals surface area (Å²) < 4.78 is 0. The second-order valence-corrected chi connectivity index (χ2v) is 7.23. The van der Waals surface area contributed by atoms with E-state index in [2.05, 4.69) is 5.32 Å². The van der Waals surface area contributed by atoms with Gasteiger partial charge in [-0.15, -0.1) is 0 Å². The molecule has 0 saturated heterocycles. The van der Waals surface area contributed by atoms with Crippen molar-refractivity contribution in [3.05, 3.63) is 109 Å². The molecule has 1 aliphatic heterocycles. The molecule has 0 saturated carbocycles. The minimum atomic E-state index is -0.708. The van der Waals surface area contributed by atoms with Gasteiger partial charge >= 0.3 is 0 Å². The average Bonchev–Trinajstić information content (AvgIpc) is 2.73. The van der Waals surface area contributed by atoms with E-state index in [0.717, 1.165) is 5.57 Å². The van der Waals surface area contributed by atoms with Crippen molar-refractivity contribution in [3.8, 4) is 0 Å². The van der Waals surface area contributed by atoms with Crippen LogP contribution in [0, 0.1) is 5.92 Å². The first-order valence-electron chi connectivity index (χ1n) is 10.5. The van der Waals surface area contributed by atoms with Gasteiger partial charge < -0.3 is 10.4 Å². The molecule has 0 radical (unpaired) electrons. The van der Waals surface area contributed by atoms with E-state index >= 15 is 0 Å². The molecule has 2 N–H and O–H groups in total. The zero-order chi connectivity index (χ0) is 22.7. The first kappa shape index (κ1) is 25.8. The van der Waals surface area contributed by atoms with Crippen LogP contribution in [-0.2, 0) is 9.59 Å². The van der Waals surface area contributed by atoms with Gasteiger partial charge in [-0.3, -0.25) is 9.59 Å². The van der Waals surface area contributed by atoms with Crippen LogP contribution < -0.4 is 5.32 Å². The quantitative estimate of drug-likeness (QED) is 0.589. The van der Waals surface area contributed by atoms with Crippen LogP contribution in [0.3, 0.4) is 0 Å². The third-order valence-corrected chi connectivity index (χ3v) is 4.19. The Morgan fingerprint density at radius 3 is 2.03 bits per heavy atom. The highest BCUT2D eigenvalue weighted by atomic mass is 16.3. The van der Waals surface area contributed by atoms with Gasteiger partial charge in [-0.05, 0) is 25.3 Å². The van der Waals surface area contributed by atoms with E-state index in [1.54, 1.807) is 24.3 Å². The zero-order valence-corrected chi connectivity index (χ0v) is 18.4. The molecule has 1 heterocycles. The Balaban J connectivity index is 2.80. The summed E-state index contributed by atoms with van der Waals surface area (Å²) in [5, 5.41) is 12.9. The molecule has 4 heteroatoms. The van der Waals surface area contributed by atoms with Gasteiger partial charge in [0.25, 0.3) is 0 Å². The summed E-state index contributed by atoms with van der Waals surface area (Å²) in [6.45, 7) is 4.53. The normalized spacial score (nSPS) is 22.5. The first-order valence-corrected chi connectivity index (χ1v) is 10.5. The number of nitrogens with one attached hydrogen (secondary N) is 1. The largest absolute Gasteiger partial charge is 0.392 e. The molecule has 0 aromatic heterocycles. The number of aliphatic hydroxyl groups is 1. The van der Waals surface area contributed by atoms with Crippen LogP contribution in [0.15, 0.2) is 109 Å². The van der Waals surface area contributed by atoms with Crippen LogP contribution in [0.4, 0.5) is 0 Å². The van der Waals surface area contributed by atoms with Crippen molar-refractivity contribution in [2.24, 2.45) is 5.92 Å².